The molecule has 1 rings (SSSR count). The first-order chi connectivity index (χ1) is 6.99. The fraction of sp³-hybridized carbons (Fsp3) is 0.364. The highest BCUT2D eigenvalue weighted by molar-refractivity contribution is 5.94. The highest BCUT2D eigenvalue weighted by Gasteiger charge is 2.17. The molecule has 0 heterocycles. The van der Waals surface area contributed by atoms with E-state index in [2.05, 4.69) is 0 Å². The lowest BCUT2D eigenvalue weighted by Gasteiger charge is -2.13. The third kappa shape index (κ3) is 2.09. The fourth-order valence-electron chi connectivity index (χ4n) is 1.29. The smallest absolute Gasteiger partial charge is 0.256 e. The van der Waals surface area contributed by atoms with Crippen molar-refractivity contribution in [1.82, 2.24) is 4.90 Å². The maximum Gasteiger partial charge on any atom is 0.256 e. The van der Waals surface area contributed by atoms with E-state index >= 15 is 0 Å². The number of carbonyl (C=O) groups excluding carboxylic acids is 1. The van der Waals surface area contributed by atoms with E-state index in [1.165, 1.54) is 18.1 Å². The van der Waals surface area contributed by atoms with Crippen molar-refractivity contribution in [2.75, 3.05) is 21.2 Å². The lowest BCUT2D eigenvalue weighted by molar-refractivity contribution is 0.0823. The Bertz CT molecular complexity index is 388. The molecule has 0 saturated heterocycles. The van der Waals surface area contributed by atoms with Crippen molar-refractivity contribution in [2.24, 2.45) is 0 Å². The quantitative estimate of drug-likeness (QED) is 0.747. The van der Waals surface area contributed by atoms with Crippen molar-refractivity contribution in [3.05, 3.63) is 29.1 Å². The third-order valence-corrected chi connectivity index (χ3v) is 2.19. The topological polar surface area (TPSA) is 29.5 Å². The molecule has 0 N–H and O–H groups in total. The Morgan fingerprint density at radius 1 is 1.40 bits per heavy atom. The van der Waals surface area contributed by atoms with Crippen molar-refractivity contribution in [3.63, 3.8) is 0 Å². The summed E-state index contributed by atoms with van der Waals surface area (Å²) in [6.07, 6.45) is 0. The summed E-state index contributed by atoms with van der Waals surface area (Å²) in [5.74, 6) is -0.422. The number of ether oxygens (including phenoxy) is 1. The van der Waals surface area contributed by atoms with Crippen molar-refractivity contribution in [1.29, 1.82) is 0 Å². The van der Waals surface area contributed by atoms with Gasteiger partial charge in [0, 0.05) is 19.7 Å². The van der Waals surface area contributed by atoms with E-state index in [0.29, 0.717) is 11.3 Å². The van der Waals surface area contributed by atoms with Gasteiger partial charge in [-0.3, -0.25) is 4.79 Å². The van der Waals surface area contributed by atoms with Gasteiger partial charge >= 0.3 is 0 Å². The zero-order valence-corrected chi connectivity index (χ0v) is 9.30. The normalized spacial score (nSPS) is 9.93. The number of benzene rings is 1. The molecule has 0 fully saturated rings. The average Bonchev–Trinajstić information content (AvgIpc) is 2.21. The Hall–Kier alpha value is -1.58. The first kappa shape index (κ1) is 11.5. The number of methoxy groups -OCH3 is 1. The van der Waals surface area contributed by atoms with Gasteiger partial charge in [-0.2, -0.15) is 0 Å². The van der Waals surface area contributed by atoms with Crippen LogP contribution in [0.25, 0.3) is 0 Å². The van der Waals surface area contributed by atoms with Crippen molar-refractivity contribution < 1.29 is 13.9 Å². The Labute approximate surface area is 88.5 Å². The van der Waals surface area contributed by atoms with Crippen LogP contribution in [0.15, 0.2) is 12.1 Å². The van der Waals surface area contributed by atoms with Gasteiger partial charge < -0.3 is 9.64 Å². The Balaban J connectivity index is 3.23. The highest BCUT2D eigenvalue weighted by atomic mass is 19.1. The van der Waals surface area contributed by atoms with Gasteiger partial charge in [0.05, 0.1) is 12.7 Å². The monoisotopic (exact) mass is 211 g/mol. The molecule has 0 saturated carbocycles. The second kappa shape index (κ2) is 4.29. The van der Waals surface area contributed by atoms with Crippen molar-refractivity contribution in [3.8, 4) is 5.75 Å². The zero-order chi connectivity index (χ0) is 11.6. The molecule has 0 spiro atoms. The van der Waals surface area contributed by atoms with Gasteiger partial charge in [0.15, 0.2) is 0 Å². The molecule has 15 heavy (non-hydrogen) atoms. The largest absolute Gasteiger partial charge is 0.496 e. The predicted molar refractivity (Wildman–Crippen MR) is 55.7 cm³/mol. The van der Waals surface area contributed by atoms with E-state index in [4.69, 9.17) is 4.74 Å². The number of carbonyl (C=O) groups is 1. The standard InChI is InChI=1S/C11H14FNO2/c1-7-9(15-4)6-5-8(10(7)12)11(14)13(2)3/h5-6H,1-4H3. The Morgan fingerprint density at radius 3 is 2.47 bits per heavy atom. The van der Waals surface area contributed by atoms with Crippen molar-refractivity contribution >= 4 is 5.91 Å². The van der Waals surface area contributed by atoms with Crippen LogP contribution in [0.3, 0.4) is 0 Å². The summed E-state index contributed by atoms with van der Waals surface area (Å²) in [4.78, 5) is 12.9. The molecule has 1 aromatic rings. The number of hydrogen-bond acceptors (Lipinski definition) is 2. The summed E-state index contributed by atoms with van der Waals surface area (Å²) < 4.78 is 18.7. The summed E-state index contributed by atoms with van der Waals surface area (Å²) in [5.41, 5.74) is 0.420. The fourth-order valence-corrected chi connectivity index (χ4v) is 1.29. The minimum absolute atomic E-state index is 0.0679. The molecule has 0 unspecified atom stereocenters. The summed E-state index contributed by atoms with van der Waals surface area (Å²) in [5, 5.41) is 0. The summed E-state index contributed by atoms with van der Waals surface area (Å²) in [6.45, 7) is 1.58. The van der Waals surface area contributed by atoms with Gasteiger partial charge in [0.1, 0.15) is 11.6 Å². The van der Waals surface area contributed by atoms with Crippen LogP contribution in [0.2, 0.25) is 0 Å². The van der Waals surface area contributed by atoms with Crippen LogP contribution < -0.4 is 4.74 Å². The second-order valence-electron chi connectivity index (χ2n) is 3.45. The molecule has 0 atom stereocenters. The van der Waals surface area contributed by atoms with E-state index < -0.39 is 5.82 Å². The van der Waals surface area contributed by atoms with E-state index in [1.807, 2.05) is 0 Å². The number of amides is 1. The molecule has 82 valence electrons. The number of nitrogens with zero attached hydrogens (tertiary/aromatic N) is 1. The lowest BCUT2D eigenvalue weighted by Crippen LogP contribution is -2.23. The zero-order valence-electron chi connectivity index (χ0n) is 9.30. The molecule has 0 bridgehead atoms. The first-order valence-corrected chi connectivity index (χ1v) is 4.53. The van der Waals surface area contributed by atoms with Crippen LogP contribution >= 0.6 is 0 Å². The van der Waals surface area contributed by atoms with Crippen LogP contribution in [0.5, 0.6) is 5.75 Å². The lowest BCUT2D eigenvalue weighted by atomic mass is 10.1. The van der Waals surface area contributed by atoms with Crippen LogP contribution in [-0.4, -0.2) is 32.0 Å². The van der Waals surface area contributed by atoms with Crippen LogP contribution in [0, 0.1) is 12.7 Å². The second-order valence-corrected chi connectivity index (χ2v) is 3.45. The number of hydrogen-bond donors (Lipinski definition) is 0. The SMILES string of the molecule is COc1ccc(C(=O)N(C)C)c(F)c1C. The molecule has 1 amide bonds. The van der Waals surface area contributed by atoms with Gasteiger partial charge in [-0.25, -0.2) is 4.39 Å². The Kier molecular flexibility index (Phi) is 3.29. The third-order valence-electron chi connectivity index (χ3n) is 2.19. The van der Waals surface area contributed by atoms with Crippen LogP contribution in [0.4, 0.5) is 4.39 Å². The van der Waals surface area contributed by atoms with Crippen molar-refractivity contribution in [2.45, 2.75) is 6.92 Å². The van der Waals surface area contributed by atoms with E-state index in [-0.39, 0.29) is 11.5 Å². The molecule has 0 aromatic heterocycles. The Morgan fingerprint density at radius 2 is 2.00 bits per heavy atom. The van der Waals surface area contributed by atoms with Gasteiger partial charge in [0.2, 0.25) is 0 Å². The molecule has 0 aliphatic rings. The van der Waals surface area contributed by atoms with E-state index in [0.717, 1.165) is 0 Å². The summed E-state index contributed by atoms with van der Waals surface area (Å²) in [6, 6.07) is 3.03. The molecule has 4 heteroatoms. The molecule has 0 aliphatic heterocycles. The maximum absolute atomic E-state index is 13.7. The first-order valence-electron chi connectivity index (χ1n) is 4.53. The number of rotatable bonds is 2. The number of halogens is 1. The molecule has 3 nitrogen and oxygen atoms in total. The maximum atomic E-state index is 13.7. The van der Waals surface area contributed by atoms with Crippen LogP contribution in [-0.2, 0) is 0 Å². The van der Waals surface area contributed by atoms with E-state index in [9.17, 15) is 9.18 Å². The van der Waals surface area contributed by atoms with Gasteiger partial charge in [-0.15, -0.1) is 0 Å². The minimum atomic E-state index is -0.520. The van der Waals surface area contributed by atoms with E-state index in [1.54, 1.807) is 27.1 Å². The van der Waals surface area contributed by atoms with Gasteiger partial charge in [-0.05, 0) is 19.1 Å². The molecular formula is C11H14FNO2. The minimum Gasteiger partial charge on any atom is -0.496 e. The van der Waals surface area contributed by atoms with Gasteiger partial charge in [-0.1, -0.05) is 0 Å². The summed E-state index contributed by atoms with van der Waals surface area (Å²) in [7, 11) is 4.64. The molecule has 0 radical (unpaired) electrons. The van der Waals surface area contributed by atoms with Crippen LogP contribution in [0.1, 0.15) is 15.9 Å². The molecule has 0 aliphatic carbocycles. The summed E-state index contributed by atoms with van der Waals surface area (Å²) >= 11 is 0. The molecular weight excluding hydrogens is 197 g/mol. The average molecular weight is 211 g/mol. The predicted octanol–water partition coefficient (Wildman–Crippen LogP) is 1.84. The van der Waals surface area contributed by atoms with Gasteiger partial charge in [0.25, 0.3) is 5.91 Å². The molecule has 1 aromatic carbocycles. The highest BCUT2D eigenvalue weighted by Crippen LogP contribution is 2.23.